The van der Waals surface area contributed by atoms with Gasteiger partial charge in [0, 0.05) is 18.8 Å². The summed E-state index contributed by atoms with van der Waals surface area (Å²) in [6, 6.07) is 4.22. The molecule has 2 N–H and O–H groups in total. The molecule has 3 rings (SSSR count). The zero-order valence-corrected chi connectivity index (χ0v) is 12.4. The van der Waals surface area contributed by atoms with Crippen LogP contribution in [0.4, 0.5) is 5.69 Å². The molecule has 2 aromatic heterocycles. The molecule has 1 amide bonds. The molecule has 106 valence electrons. The van der Waals surface area contributed by atoms with E-state index in [-0.39, 0.29) is 5.91 Å². The Morgan fingerprint density at radius 3 is 2.90 bits per heavy atom. The molecule has 1 aliphatic rings. The van der Waals surface area contributed by atoms with Crippen molar-refractivity contribution in [3.8, 4) is 0 Å². The number of carbonyl (C=O) groups is 1. The van der Waals surface area contributed by atoms with Gasteiger partial charge in [-0.15, -0.1) is 11.3 Å². The number of anilines is 1. The van der Waals surface area contributed by atoms with Crippen molar-refractivity contribution in [2.45, 2.75) is 38.6 Å². The monoisotopic (exact) mass is 289 g/mol. The molecule has 0 saturated heterocycles. The summed E-state index contributed by atoms with van der Waals surface area (Å²) in [6.07, 6.45) is 6.38. The molecule has 20 heavy (non-hydrogen) atoms. The minimum Gasteiger partial charge on any atom is -0.396 e. The van der Waals surface area contributed by atoms with Crippen molar-refractivity contribution in [3.05, 3.63) is 23.2 Å². The molecule has 0 spiro atoms. The normalized spacial score (nSPS) is 15.8. The Bertz CT molecular complexity index is 631. The average Bonchev–Trinajstić information content (AvgIpc) is 3.09. The summed E-state index contributed by atoms with van der Waals surface area (Å²) in [7, 11) is 0. The first-order valence-corrected chi connectivity index (χ1v) is 7.98. The first-order chi connectivity index (χ1) is 9.72. The smallest absolute Gasteiger partial charge is 0.266 e. The van der Waals surface area contributed by atoms with Gasteiger partial charge in [-0.1, -0.05) is 12.8 Å². The van der Waals surface area contributed by atoms with E-state index in [4.69, 9.17) is 5.73 Å². The van der Waals surface area contributed by atoms with E-state index in [1.807, 2.05) is 24.0 Å². The van der Waals surface area contributed by atoms with Gasteiger partial charge >= 0.3 is 0 Å². The lowest BCUT2D eigenvalue weighted by Gasteiger charge is -2.27. The van der Waals surface area contributed by atoms with Crippen molar-refractivity contribution < 1.29 is 4.79 Å². The van der Waals surface area contributed by atoms with Gasteiger partial charge in [-0.3, -0.25) is 9.78 Å². The van der Waals surface area contributed by atoms with Crippen molar-refractivity contribution >= 4 is 33.1 Å². The fourth-order valence-electron chi connectivity index (χ4n) is 3.02. The molecule has 0 radical (unpaired) electrons. The second-order valence-corrected chi connectivity index (χ2v) is 6.28. The van der Waals surface area contributed by atoms with Crippen LogP contribution >= 0.6 is 11.3 Å². The van der Waals surface area contributed by atoms with E-state index in [9.17, 15) is 4.79 Å². The minimum atomic E-state index is 0.0694. The highest BCUT2D eigenvalue weighted by atomic mass is 32.1. The number of carbonyl (C=O) groups excluding carboxylic acids is 1. The van der Waals surface area contributed by atoms with E-state index in [2.05, 4.69) is 4.98 Å². The second kappa shape index (κ2) is 5.40. The summed E-state index contributed by atoms with van der Waals surface area (Å²) in [5.74, 6) is 0.0694. The summed E-state index contributed by atoms with van der Waals surface area (Å²) < 4.78 is 0.982. The van der Waals surface area contributed by atoms with Crippen molar-refractivity contribution in [3.63, 3.8) is 0 Å². The molecule has 5 heteroatoms. The van der Waals surface area contributed by atoms with Crippen LogP contribution in [0.2, 0.25) is 0 Å². The summed E-state index contributed by atoms with van der Waals surface area (Å²) in [5.41, 5.74) is 7.42. The van der Waals surface area contributed by atoms with Crippen molar-refractivity contribution in [1.82, 2.24) is 9.88 Å². The van der Waals surface area contributed by atoms with Gasteiger partial charge in [-0.2, -0.15) is 0 Å². The third-order valence-electron chi connectivity index (χ3n) is 4.04. The minimum absolute atomic E-state index is 0.0694. The zero-order valence-electron chi connectivity index (χ0n) is 11.6. The van der Waals surface area contributed by atoms with Gasteiger partial charge in [-0.05, 0) is 31.9 Å². The maximum Gasteiger partial charge on any atom is 0.266 e. The highest BCUT2D eigenvalue weighted by Gasteiger charge is 2.28. The maximum atomic E-state index is 12.8. The van der Waals surface area contributed by atoms with E-state index in [1.165, 1.54) is 24.2 Å². The number of aromatic nitrogens is 1. The molecule has 0 atom stereocenters. The molecule has 1 saturated carbocycles. The molecule has 2 aromatic rings. The van der Waals surface area contributed by atoms with Gasteiger partial charge in [0.2, 0.25) is 0 Å². The predicted molar refractivity (Wildman–Crippen MR) is 83.0 cm³/mol. The quantitative estimate of drug-likeness (QED) is 0.943. The number of pyridine rings is 1. The lowest BCUT2D eigenvalue weighted by atomic mass is 10.2. The Hall–Kier alpha value is -1.62. The fraction of sp³-hybridized carbons (Fsp3) is 0.467. The molecule has 0 unspecified atom stereocenters. The molecule has 0 aromatic carbocycles. The molecule has 1 aliphatic carbocycles. The number of nitrogens with zero attached hydrogens (tertiary/aromatic N) is 2. The van der Waals surface area contributed by atoms with Crippen LogP contribution in [0.1, 0.15) is 42.3 Å². The Morgan fingerprint density at radius 1 is 1.50 bits per heavy atom. The van der Waals surface area contributed by atoms with Crippen LogP contribution in [0.25, 0.3) is 10.2 Å². The molecular weight excluding hydrogens is 270 g/mol. The highest BCUT2D eigenvalue weighted by molar-refractivity contribution is 7.21. The van der Waals surface area contributed by atoms with Crippen LogP contribution in [-0.4, -0.2) is 28.4 Å². The van der Waals surface area contributed by atoms with Crippen LogP contribution in [0.3, 0.4) is 0 Å². The maximum absolute atomic E-state index is 12.8. The molecule has 4 nitrogen and oxygen atoms in total. The summed E-state index contributed by atoms with van der Waals surface area (Å²) in [6.45, 7) is 2.78. The molecule has 2 heterocycles. The van der Waals surface area contributed by atoms with E-state index in [0.29, 0.717) is 16.6 Å². The lowest BCUT2D eigenvalue weighted by molar-refractivity contribution is 0.0699. The van der Waals surface area contributed by atoms with Gasteiger partial charge in [-0.25, -0.2) is 0 Å². The van der Waals surface area contributed by atoms with Gasteiger partial charge < -0.3 is 10.6 Å². The molecule has 0 bridgehead atoms. The number of nitrogen functional groups attached to an aromatic ring is 1. The number of nitrogens with two attached hydrogens (primary N) is 1. The number of hydrogen-bond donors (Lipinski definition) is 1. The average molecular weight is 289 g/mol. The van der Waals surface area contributed by atoms with Crippen LogP contribution < -0.4 is 5.73 Å². The van der Waals surface area contributed by atoms with Crippen LogP contribution in [0, 0.1) is 0 Å². The van der Waals surface area contributed by atoms with Crippen molar-refractivity contribution in [2.24, 2.45) is 0 Å². The van der Waals surface area contributed by atoms with Crippen LogP contribution in [-0.2, 0) is 0 Å². The predicted octanol–water partition coefficient (Wildman–Crippen LogP) is 3.28. The fourth-order valence-corrected chi connectivity index (χ4v) is 4.06. The first kappa shape index (κ1) is 13.4. The Balaban J connectivity index is 1.96. The van der Waals surface area contributed by atoms with Crippen LogP contribution in [0.15, 0.2) is 18.3 Å². The highest BCUT2D eigenvalue weighted by Crippen LogP contribution is 2.34. The third kappa shape index (κ3) is 2.16. The van der Waals surface area contributed by atoms with Gasteiger partial charge in [0.25, 0.3) is 5.91 Å². The number of thiophene rings is 1. The van der Waals surface area contributed by atoms with Gasteiger partial charge in [0.05, 0.1) is 10.4 Å². The lowest BCUT2D eigenvalue weighted by Crippen LogP contribution is -2.38. The first-order valence-electron chi connectivity index (χ1n) is 7.16. The topological polar surface area (TPSA) is 59.2 Å². The number of hydrogen-bond acceptors (Lipinski definition) is 4. The molecular formula is C15H19N3OS. The zero-order chi connectivity index (χ0) is 14.1. The van der Waals surface area contributed by atoms with Gasteiger partial charge in [0.1, 0.15) is 10.4 Å². The number of amides is 1. The Morgan fingerprint density at radius 2 is 2.25 bits per heavy atom. The summed E-state index contributed by atoms with van der Waals surface area (Å²) >= 11 is 1.46. The van der Waals surface area contributed by atoms with Crippen LogP contribution in [0.5, 0.6) is 0 Å². The summed E-state index contributed by atoms with van der Waals surface area (Å²) in [4.78, 5) is 19.7. The van der Waals surface area contributed by atoms with E-state index in [1.54, 1.807) is 6.20 Å². The number of rotatable bonds is 3. The Kier molecular flexibility index (Phi) is 3.61. The Labute approximate surface area is 122 Å². The largest absolute Gasteiger partial charge is 0.396 e. The molecule has 1 fully saturated rings. The standard InChI is InChI=1S/C15H19N3OS/c1-2-18(10-6-3-4-7-10)15(19)14-12(16)13-11(20-14)8-5-9-17-13/h5,8-10H,2-4,6-7,16H2,1H3. The van der Waals surface area contributed by atoms with Crippen molar-refractivity contribution in [1.29, 1.82) is 0 Å². The molecule has 0 aliphatic heterocycles. The van der Waals surface area contributed by atoms with E-state index in [0.717, 1.165) is 29.6 Å². The van der Waals surface area contributed by atoms with E-state index < -0.39 is 0 Å². The van der Waals surface area contributed by atoms with Crippen molar-refractivity contribution in [2.75, 3.05) is 12.3 Å². The van der Waals surface area contributed by atoms with E-state index >= 15 is 0 Å². The summed E-state index contributed by atoms with van der Waals surface area (Å²) in [5, 5.41) is 0. The second-order valence-electron chi connectivity index (χ2n) is 5.22. The third-order valence-corrected chi connectivity index (χ3v) is 5.19. The SMILES string of the molecule is CCN(C(=O)c1sc2cccnc2c1N)C1CCCC1. The van der Waals surface area contributed by atoms with Gasteiger partial charge in [0.15, 0.2) is 0 Å². The number of fused-ring (bicyclic) bond motifs is 1.